The van der Waals surface area contributed by atoms with Gasteiger partial charge in [0.15, 0.2) is 6.29 Å². The maximum atomic E-state index is 10.5. The maximum absolute atomic E-state index is 10.5. The highest BCUT2D eigenvalue weighted by atomic mass is 35.5. The zero-order valence-electron chi connectivity index (χ0n) is 6.04. The van der Waals surface area contributed by atoms with Crippen molar-refractivity contribution < 1.29 is 4.79 Å². The second kappa shape index (κ2) is 2.60. The van der Waals surface area contributed by atoms with Gasteiger partial charge in [-0.2, -0.15) is 0 Å². The Morgan fingerprint density at radius 1 is 1.58 bits per heavy atom. The van der Waals surface area contributed by atoms with E-state index in [4.69, 9.17) is 11.6 Å². The molecule has 3 nitrogen and oxygen atoms in total. The van der Waals surface area contributed by atoms with E-state index in [9.17, 15) is 4.79 Å². The first-order chi connectivity index (χ1) is 5.83. The Labute approximate surface area is 73.4 Å². The van der Waals surface area contributed by atoms with Crippen molar-refractivity contribution in [1.29, 1.82) is 0 Å². The molecule has 1 N–H and O–H groups in total. The van der Waals surface area contributed by atoms with Gasteiger partial charge in [0.2, 0.25) is 0 Å². The average molecular weight is 181 g/mol. The smallest absolute Gasteiger partial charge is 0.152 e. The molecule has 0 spiro atoms. The summed E-state index contributed by atoms with van der Waals surface area (Å²) in [4.78, 5) is 17.4. The Kier molecular flexibility index (Phi) is 1.59. The lowest BCUT2D eigenvalue weighted by Crippen LogP contribution is -1.83. The number of halogens is 1. The van der Waals surface area contributed by atoms with Crippen LogP contribution in [-0.4, -0.2) is 16.3 Å². The van der Waals surface area contributed by atoms with E-state index >= 15 is 0 Å². The quantitative estimate of drug-likeness (QED) is 0.683. The van der Waals surface area contributed by atoms with Crippen LogP contribution in [0.1, 0.15) is 10.4 Å². The lowest BCUT2D eigenvalue weighted by atomic mass is 10.2. The van der Waals surface area contributed by atoms with Crippen LogP contribution in [0.4, 0.5) is 0 Å². The van der Waals surface area contributed by atoms with E-state index in [1.165, 1.54) is 0 Å². The van der Waals surface area contributed by atoms with Gasteiger partial charge in [0.1, 0.15) is 5.52 Å². The predicted octanol–water partition coefficient (Wildman–Crippen LogP) is 2.03. The summed E-state index contributed by atoms with van der Waals surface area (Å²) in [7, 11) is 0. The summed E-state index contributed by atoms with van der Waals surface area (Å²) in [6, 6.07) is 1.64. The largest absolute Gasteiger partial charge is 0.358 e. The van der Waals surface area contributed by atoms with Gasteiger partial charge in [-0.05, 0) is 6.07 Å². The molecule has 2 heterocycles. The molecule has 0 amide bonds. The molecular formula is C8H5ClN2O. The molecule has 0 atom stereocenters. The Morgan fingerprint density at radius 3 is 3.17 bits per heavy atom. The highest BCUT2D eigenvalue weighted by molar-refractivity contribution is 6.35. The first-order valence-corrected chi connectivity index (χ1v) is 3.77. The fourth-order valence-electron chi connectivity index (χ4n) is 1.11. The van der Waals surface area contributed by atoms with Crippen molar-refractivity contribution in [2.45, 2.75) is 0 Å². The lowest BCUT2D eigenvalue weighted by molar-refractivity contribution is 0.112. The molecule has 0 saturated carbocycles. The van der Waals surface area contributed by atoms with Crippen LogP contribution in [0.5, 0.6) is 0 Å². The summed E-state index contributed by atoms with van der Waals surface area (Å²) in [5.41, 5.74) is 1.91. The minimum Gasteiger partial charge on any atom is -0.358 e. The molecule has 0 radical (unpaired) electrons. The zero-order chi connectivity index (χ0) is 8.55. The fraction of sp³-hybridized carbons (Fsp3) is 0. The third kappa shape index (κ3) is 0.905. The summed E-state index contributed by atoms with van der Waals surface area (Å²) in [5, 5.41) is 0.536. The van der Waals surface area contributed by atoms with E-state index < -0.39 is 0 Å². The number of H-pyrrole nitrogens is 1. The molecule has 0 saturated heterocycles. The van der Waals surface area contributed by atoms with Gasteiger partial charge in [-0.25, -0.2) is 0 Å². The fourth-order valence-corrected chi connectivity index (χ4v) is 1.31. The normalized spacial score (nSPS) is 10.4. The first-order valence-electron chi connectivity index (χ1n) is 3.39. The molecule has 0 aromatic carbocycles. The number of rotatable bonds is 1. The second-order valence-electron chi connectivity index (χ2n) is 2.38. The molecule has 0 aliphatic rings. The predicted molar refractivity (Wildman–Crippen MR) is 46.5 cm³/mol. The van der Waals surface area contributed by atoms with Gasteiger partial charge in [0.25, 0.3) is 0 Å². The van der Waals surface area contributed by atoms with Gasteiger partial charge in [0, 0.05) is 18.0 Å². The van der Waals surface area contributed by atoms with Crippen molar-refractivity contribution in [3.8, 4) is 0 Å². The molecule has 4 heteroatoms. The monoisotopic (exact) mass is 180 g/mol. The molecule has 2 aromatic rings. The number of aldehydes is 1. The number of carbonyl (C=O) groups is 1. The van der Waals surface area contributed by atoms with Crippen LogP contribution in [0.2, 0.25) is 5.02 Å². The van der Waals surface area contributed by atoms with Gasteiger partial charge in [0.05, 0.1) is 10.5 Å². The summed E-state index contributed by atoms with van der Waals surface area (Å²) in [6.45, 7) is 0. The molecule has 12 heavy (non-hydrogen) atoms. The van der Waals surface area contributed by atoms with Crippen LogP contribution < -0.4 is 0 Å². The van der Waals surface area contributed by atoms with Crippen LogP contribution in [0.15, 0.2) is 18.5 Å². The van der Waals surface area contributed by atoms with Gasteiger partial charge >= 0.3 is 0 Å². The van der Waals surface area contributed by atoms with Crippen molar-refractivity contribution >= 4 is 28.9 Å². The van der Waals surface area contributed by atoms with E-state index in [1.807, 2.05) is 0 Å². The Morgan fingerprint density at radius 2 is 2.42 bits per heavy atom. The topological polar surface area (TPSA) is 45.8 Å². The number of nitrogens with one attached hydrogen (secondary N) is 1. The van der Waals surface area contributed by atoms with Crippen LogP contribution in [0.25, 0.3) is 11.0 Å². The van der Waals surface area contributed by atoms with Crippen LogP contribution in [0, 0.1) is 0 Å². The summed E-state index contributed by atoms with van der Waals surface area (Å²) >= 11 is 5.79. The second-order valence-corrected chi connectivity index (χ2v) is 2.79. The molecule has 0 aliphatic heterocycles. The van der Waals surface area contributed by atoms with Gasteiger partial charge in [-0.1, -0.05) is 11.6 Å². The zero-order valence-corrected chi connectivity index (χ0v) is 6.80. The minimum absolute atomic E-state index is 0.536. The number of hydrogen-bond donors (Lipinski definition) is 1. The average Bonchev–Trinajstić information content (AvgIpc) is 2.48. The van der Waals surface area contributed by atoms with E-state index in [2.05, 4.69) is 9.97 Å². The molecule has 2 aromatic heterocycles. The highest BCUT2D eigenvalue weighted by Gasteiger charge is 2.05. The van der Waals surface area contributed by atoms with Crippen molar-refractivity contribution in [2.24, 2.45) is 0 Å². The molecule has 60 valence electrons. The van der Waals surface area contributed by atoms with Crippen molar-refractivity contribution in [3.63, 3.8) is 0 Å². The van der Waals surface area contributed by atoms with E-state index in [0.29, 0.717) is 21.6 Å². The third-order valence-corrected chi connectivity index (χ3v) is 1.97. The molecule has 0 bridgehead atoms. The molecular weight excluding hydrogens is 176 g/mol. The molecule has 0 fully saturated rings. The Balaban J connectivity index is 2.89. The summed E-state index contributed by atoms with van der Waals surface area (Å²) < 4.78 is 0. The maximum Gasteiger partial charge on any atom is 0.152 e. The number of carbonyl (C=O) groups excluding carboxylic acids is 1. The van der Waals surface area contributed by atoms with Gasteiger partial charge < -0.3 is 4.98 Å². The molecule has 0 aliphatic carbocycles. The van der Waals surface area contributed by atoms with Crippen molar-refractivity contribution in [2.75, 3.05) is 0 Å². The van der Waals surface area contributed by atoms with E-state index in [-0.39, 0.29) is 0 Å². The van der Waals surface area contributed by atoms with Crippen LogP contribution in [-0.2, 0) is 0 Å². The highest BCUT2D eigenvalue weighted by Crippen LogP contribution is 2.21. The number of fused-ring (bicyclic) bond motifs is 1. The lowest BCUT2D eigenvalue weighted by Gasteiger charge is -1.91. The number of aromatic nitrogens is 2. The van der Waals surface area contributed by atoms with E-state index in [1.54, 1.807) is 18.5 Å². The first kappa shape index (κ1) is 7.31. The molecule has 0 unspecified atom stereocenters. The number of pyridine rings is 1. The number of nitrogens with zero attached hydrogens (tertiary/aromatic N) is 1. The Bertz CT molecular complexity index is 436. The van der Waals surface area contributed by atoms with Crippen molar-refractivity contribution in [3.05, 3.63) is 29.0 Å². The number of hydrogen-bond acceptors (Lipinski definition) is 2. The SMILES string of the molecule is O=Cc1ccnc2c(Cl)c[nH]c12. The van der Waals surface area contributed by atoms with Crippen LogP contribution in [0.3, 0.4) is 0 Å². The minimum atomic E-state index is 0.536. The Hall–Kier alpha value is -1.35. The summed E-state index contributed by atoms with van der Waals surface area (Å²) in [5.74, 6) is 0. The summed E-state index contributed by atoms with van der Waals surface area (Å²) in [6.07, 6.45) is 3.95. The van der Waals surface area contributed by atoms with Crippen molar-refractivity contribution in [1.82, 2.24) is 9.97 Å². The molecule has 2 rings (SSSR count). The number of aromatic amines is 1. The standard InChI is InChI=1S/C8H5ClN2O/c9-6-3-11-7-5(4-12)1-2-10-8(6)7/h1-4,11H. The van der Waals surface area contributed by atoms with Gasteiger partial charge in [-0.15, -0.1) is 0 Å². The third-order valence-electron chi connectivity index (χ3n) is 1.68. The van der Waals surface area contributed by atoms with E-state index in [0.717, 1.165) is 6.29 Å². The van der Waals surface area contributed by atoms with Crippen LogP contribution >= 0.6 is 11.6 Å². The van der Waals surface area contributed by atoms with Gasteiger partial charge in [-0.3, -0.25) is 9.78 Å².